The first-order valence-electron chi connectivity index (χ1n) is 3.70. The summed E-state index contributed by atoms with van der Waals surface area (Å²) in [4.78, 5) is 0. The quantitative estimate of drug-likeness (QED) is 0.704. The van der Waals surface area contributed by atoms with Crippen LogP contribution in [0.25, 0.3) is 0 Å². The normalized spacial score (nSPS) is 15.9. The van der Waals surface area contributed by atoms with Crippen molar-refractivity contribution in [3.63, 3.8) is 0 Å². The zero-order valence-electron chi connectivity index (χ0n) is 6.48. The average Bonchev–Trinajstić information content (AvgIpc) is 2.55. The minimum Gasteiger partial charge on any atom is -0.472 e. The van der Waals surface area contributed by atoms with Gasteiger partial charge < -0.3 is 14.6 Å². The standard InChI is InChI=1S/C8H11ClO3/c9-3-1-7(10)8(11)6-2-4-12-5-6/h2,4-5,7-8,10-11H,1,3H2. The van der Waals surface area contributed by atoms with Crippen LogP contribution >= 0.6 is 11.6 Å². The molecule has 1 rings (SSSR count). The molecule has 4 heteroatoms. The number of hydrogen-bond donors (Lipinski definition) is 2. The van der Waals surface area contributed by atoms with Crippen LogP contribution in [0.1, 0.15) is 18.1 Å². The largest absolute Gasteiger partial charge is 0.472 e. The lowest BCUT2D eigenvalue weighted by molar-refractivity contribution is 0.0166. The lowest BCUT2D eigenvalue weighted by Gasteiger charge is -2.14. The van der Waals surface area contributed by atoms with Gasteiger partial charge in [-0.05, 0) is 12.5 Å². The van der Waals surface area contributed by atoms with Gasteiger partial charge in [-0.15, -0.1) is 11.6 Å². The number of aliphatic hydroxyl groups is 2. The molecule has 0 aliphatic carbocycles. The molecule has 0 bridgehead atoms. The van der Waals surface area contributed by atoms with E-state index >= 15 is 0 Å². The summed E-state index contributed by atoms with van der Waals surface area (Å²) in [6.45, 7) is 0. The van der Waals surface area contributed by atoms with Crippen LogP contribution in [0.4, 0.5) is 0 Å². The third-order valence-corrected chi connectivity index (χ3v) is 1.87. The zero-order valence-corrected chi connectivity index (χ0v) is 7.24. The Kier molecular flexibility index (Phi) is 3.59. The summed E-state index contributed by atoms with van der Waals surface area (Å²) < 4.78 is 4.76. The molecule has 0 aliphatic rings. The van der Waals surface area contributed by atoms with E-state index in [0.29, 0.717) is 17.9 Å². The molecule has 1 heterocycles. The fraction of sp³-hybridized carbons (Fsp3) is 0.500. The number of alkyl halides is 1. The topological polar surface area (TPSA) is 53.6 Å². The highest BCUT2D eigenvalue weighted by molar-refractivity contribution is 6.17. The monoisotopic (exact) mass is 190 g/mol. The molecule has 1 aromatic heterocycles. The lowest BCUT2D eigenvalue weighted by atomic mass is 10.1. The molecule has 12 heavy (non-hydrogen) atoms. The van der Waals surface area contributed by atoms with Crippen molar-refractivity contribution in [3.05, 3.63) is 24.2 Å². The van der Waals surface area contributed by atoms with Crippen LogP contribution < -0.4 is 0 Å². The Hall–Kier alpha value is -0.510. The van der Waals surface area contributed by atoms with Crippen molar-refractivity contribution in [2.24, 2.45) is 0 Å². The summed E-state index contributed by atoms with van der Waals surface area (Å²) in [7, 11) is 0. The van der Waals surface area contributed by atoms with E-state index in [4.69, 9.17) is 16.0 Å². The van der Waals surface area contributed by atoms with Gasteiger partial charge in [0.15, 0.2) is 0 Å². The smallest absolute Gasteiger partial charge is 0.108 e. The lowest BCUT2D eigenvalue weighted by Crippen LogP contribution is -2.17. The minimum atomic E-state index is -0.900. The first kappa shape index (κ1) is 9.58. The summed E-state index contributed by atoms with van der Waals surface area (Å²) in [5, 5.41) is 18.8. The maximum Gasteiger partial charge on any atom is 0.108 e. The van der Waals surface area contributed by atoms with Crippen LogP contribution in [-0.4, -0.2) is 22.2 Å². The van der Waals surface area contributed by atoms with E-state index in [1.54, 1.807) is 6.07 Å². The Morgan fingerprint density at radius 3 is 2.75 bits per heavy atom. The van der Waals surface area contributed by atoms with Gasteiger partial charge in [-0.1, -0.05) is 0 Å². The maximum absolute atomic E-state index is 9.44. The summed E-state index contributed by atoms with van der Waals surface area (Å²) in [6.07, 6.45) is 1.50. The molecule has 2 unspecified atom stereocenters. The molecule has 2 N–H and O–H groups in total. The molecule has 0 radical (unpaired) electrons. The molecule has 0 aromatic carbocycles. The van der Waals surface area contributed by atoms with Gasteiger partial charge in [-0.3, -0.25) is 0 Å². The van der Waals surface area contributed by atoms with Crippen molar-refractivity contribution < 1.29 is 14.6 Å². The number of aliphatic hydroxyl groups excluding tert-OH is 2. The van der Waals surface area contributed by atoms with Gasteiger partial charge in [0.2, 0.25) is 0 Å². The highest BCUT2D eigenvalue weighted by atomic mass is 35.5. The molecule has 0 amide bonds. The molecule has 2 atom stereocenters. The Labute approximate surface area is 75.6 Å². The van der Waals surface area contributed by atoms with E-state index in [1.165, 1.54) is 12.5 Å². The van der Waals surface area contributed by atoms with E-state index < -0.39 is 12.2 Å². The Morgan fingerprint density at radius 1 is 1.50 bits per heavy atom. The molecule has 68 valence electrons. The summed E-state index contributed by atoms with van der Waals surface area (Å²) in [5.74, 6) is 0.329. The van der Waals surface area contributed by atoms with Crippen molar-refractivity contribution in [2.45, 2.75) is 18.6 Å². The molecule has 0 spiro atoms. The van der Waals surface area contributed by atoms with Crippen molar-refractivity contribution in [3.8, 4) is 0 Å². The van der Waals surface area contributed by atoms with Gasteiger partial charge in [-0.2, -0.15) is 0 Å². The van der Waals surface area contributed by atoms with Gasteiger partial charge in [-0.25, -0.2) is 0 Å². The van der Waals surface area contributed by atoms with E-state index in [9.17, 15) is 10.2 Å². The fourth-order valence-corrected chi connectivity index (χ4v) is 1.16. The Morgan fingerprint density at radius 2 is 2.25 bits per heavy atom. The Balaban J connectivity index is 2.53. The zero-order chi connectivity index (χ0) is 8.97. The SMILES string of the molecule is OC(CCCl)C(O)c1ccoc1. The predicted octanol–water partition coefficient (Wildman–Crippen LogP) is 1.30. The van der Waals surface area contributed by atoms with Gasteiger partial charge in [0.25, 0.3) is 0 Å². The number of hydrogen-bond acceptors (Lipinski definition) is 3. The molecular weight excluding hydrogens is 180 g/mol. The number of rotatable bonds is 4. The van der Waals surface area contributed by atoms with Crippen LogP contribution in [0.5, 0.6) is 0 Å². The summed E-state index contributed by atoms with van der Waals surface area (Å²) >= 11 is 5.41. The molecule has 3 nitrogen and oxygen atoms in total. The van der Waals surface area contributed by atoms with Crippen LogP contribution in [-0.2, 0) is 0 Å². The first-order valence-corrected chi connectivity index (χ1v) is 4.23. The third-order valence-electron chi connectivity index (χ3n) is 1.65. The van der Waals surface area contributed by atoms with Crippen molar-refractivity contribution in [2.75, 3.05) is 5.88 Å². The van der Waals surface area contributed by atoms with Gasteiger partial charge in [0.05, 0.1) is 18.6 Å². The van der Waals surface area contributed by atoms with E-state index in [0.717, 1.165) is 0 Å². The predicted molar refractivity (Wildman–Crippen MR) is 45.0 cm³/mol. The average molecular weight is 191 g/mol. The van der Waals surface area contributed by atoms with Crippen molar-refractivity contribution >= 4 is 11.6 Å². The van der Waals surface area contributed by atoms with Crippen molar-refractivity contribution in [1.29, 1.82) is 0 Å². The molecule has 0 aliphatic heterocycles. The highest BCUT2D eigenvalue weighted by Crippen LogP contribution is 2.19. The van der Waals surface area contributed by atoms with Crippen LogP contribution in [0, 0.1) is 0 Å². The minimum absolute atomic E-state index is 0.329. The molecule has 0 saturated carbocycles. The summed E-state index contributed by atoms with van der Waals surface area (Å²) in [5.41, 5.74) is 0.576. The number of halogens is 1. The second kappa shape index (κ2) is 4.50. The second-order valence-electron chi connectivity index (χ2n) is 2.55. The maximum atomic E-state index is 9.44. The van der Waals surface area contributed by atoms with Crippen LogP contribution in [0.3, 0.4) is 0 Å². The molecule has 1 aromatic rings. The molecule has 0 saturated heterocycles. The first-order chi connectivity index (χ1) is 5.75. The highest BCUT2D eigenvalue weighted by Gasteiger charge is 2.18. The van der Waals surface area contributed by atoms with E-state index in [2.05, 4.69) is 0 Å². The second-order valence-corrected chi connectivity index (χ2v) is 2.92. The van der Waals surface area contributed by atoms with Gasteiger partial charge in [0.1, 0.15) is 6.10 Å². The van der Waals surface area contributed by atoms with Crippen LogP contribution in [0.2, 0.25) is 0 Å². The summed E-state index contributed by atoms with van der Waals surface area (Å²) in [6, 6.07) is 1.61. The van der Waals surface area contributed by atoms with E-state index in [-0.39, 0.29) is 0 Å². The van der Waals surface area contributed by atoms with Gasteiger partial charge >= 0.3 is 0 Å². The Bertz CT molecular complexity index is 210. The van der Waals surface area contributed by atoms with E-state index in [1.807, 2.05) is 0 Å². The fourth-order valence-electron chi connectivity index (χ4n) is 0.935. The van der Waals surface area contributed by atoms with Crippen molar-refractivity contribution in [1.82, 2.24) is 0 Å². The van der Waals surface area contributed by atoms with Crippen LogP contribution in [0.15, 0.2) is 23.0 Å². The van der Waals surface area contributed by atoms with Gasteiger partial charge in [0, 0.05) is 11.4 Å². The molecule has 0 fully saturated rings. The number of furan rings is 1. The third kappa shape index (κ3) is 2.24. The molecular formula is C8H11ClO3.